The first kappa shape index (κ1) is 18.2. The third kappa shape index (κ3) is 3.38. The highest BCUT2D eigenvalue weighted by molar-refractivity contribution is 7.91. The molecule has 3 heterocycles. The standard InChI is InChI=1S/C19H21F2N3O2S/c20-15-17-16(18(21)22-19(15)23-9-5-2-6-10-23)24(11-12-27(17,25)26)13-14-7-3-1-4-8-14/h1,3-4,7-8H,2,5-6,9-13H2. The third-order valence-corrected chi connectivity index (χ3v) is 6.85. The van der Waals surface area contributed by atoms with Crippen molar-refractivity contribution in [1.29, 1.82) is 0 Å². The number of halogens is 2. The summed E-state index contributed by atoms with van der Waals surface area (Å²) in [7, 11) is -3.90. The second-order valence-electron chi connectivity index (χ2n) is 6.99. The lowest BCUT2D eigenvalue weighted by Crippen LogP contribution is -2.38. The maximum Gasteiger partial charge on any atom is 0.239 e. The van der Waals surface area contributed by atoms with E-state index >= 15 is 4.39 Å². The lowest BCUT2D eigenvalue weighted by molar-refractivity contribution is 0.499. The minimum absolute atomic E-state index is 0.103. The molecule has 2 aromatic rings. The van der Waals surface area contributed by atoms with Gasteiger partial charge in [-0.2, -0.15) is 9.37 Å². The average Bonchev–Trinajstić information content (AvgIpc) is 2.67. The van der Waals surface area contributed by atoms with Crippen molar-refractivity contribution < 1.29 is 17.2 Å². The van der Waals surface area contributed by atoms with Crippen LogP contribution in [0.25, 0.3) is 0 Å². The second-order valence-corrected chi connectivity index (χ2v) is 9.04. The van der Waals surface area contributed by atoms with Crippen molar-refractivity contribution in [3.63, 3.8) is 0 Å². The number of aromatic nitrogens is 1. The fourth-order valence-corrected chi connectivity index (χ4v) is 5.31. The fraction of sp³-hybridized carbons (Fsp3) is 0.421. The molecule has 144 valence electrons. The summed E-state index contributed by atoms with van der Waals surface area (Å²) >= 11 is 0. The van der Waals surface area contributed by atoms with Crippen LogP contribution >= 0.6 is 0 Å². The molecule has 27 heavy (non-hydrogen) atoms. The fourth-order valence-electron chi connectivity index (χ4n) is 3.77. The Bertz CT molecular complexity index is 945. The van der Waals surface area contributed by atoms with Crippen LogP contribution in [0, 0.1) is 11.8 Å². The highest BCUT2D eigenvalue weighted by atomic mass is 32.2. The summed E-state index contributed by atoms with van der Waals surface area (Å²) in [6.07, 6.45) is 2.73. The Kier molecular flexibility index (Phi) is 4.75. The minimum Gasteiger partial charge on any atom is -0.361 e. The Balaban J connectivity index is 1.80. The molecule has 1 saturated heterocycles. The minimum atomic E-state index is -3.90. The van der Waals surface area contributed by atoms with Crippen molar-refractivity contribution in [1.82, 2.24) is 4.98 Å². The van der Waals surface area contributed by atoms with Crippen LogP contribution in [0.4, 0.5) is 20.3 Å². The zero-order chi connectivity index (χ0) is 19.0. The van der Waals surface area contributed by atoms with Gasteiger partial charge >= 0.3 is 0 Å². The van der Waals surface area contributed by atoms with E-state index in [1.165, 1.54) is 0 Å². The van der Waals surface area contributed by atoms with E-state index in [2.05, 4.69) is 4.98 Å². The molecule has 1 aromatic heterocycles. The number of hydrogen-bond donors (Lipinski definition) is 0. The Morgan fingerprint density at radius 3 is 2.41 bits per heavy atom. The first-order chi connectivity index (χ1) is 13.0. The summed E-state index contributed by atoms with van der Waals surface area (Å²) in [5, 5.41) is 0. The summed E-state index contributed by atoms with van der Waals surface area (Å²) in [4.78, 5) is 6.51. The molecule has 0 aliphatic carbocycles. The van der Waals surface area contributed by atoms with Gasteiger partial charge < -0.3 is 9.80 Å². The van der Waals surface area contributed by atoms with Crippen LogP contribution in [0.1, 0.15) is 24.8 Å². The van der Waals surface area contributed by atoms with Gasteiger partial charge in [-0.3, -0.25) is 0 Å². The number of anilines is 2. The van der Waals surface area contributed by atoms with Gasteiger partial charge in [-0.1, -0.05) is 30.3 Å². The van der Waals surface area contributed by atoms with E-state index in [1.54, 1.807) is 9.80 Å². The largest absolute Gasteiger partial charge is 0.361 e. The highest BCUT2D eigenvalue weighted by Gasteiger charge is 2.38. The average molecular weight is 393 g/mol. The molecular weight excluding hydrogens is 372 g/mol. The molecule has 0 unspecified atom stereocenters. The Labute approximate surface area is 157 Å². The van der Waals surface area contributed by atoms with E-state index in [4.69, 9.17) is 0 Å². The maximum absolute atomic E-state index is 15.2. The van der Waals surface area contributed by atoms with Crippen LogP contribution in [0.2, 0.25) is 0 Å². The van der Waals surface area contributed by atoms with Crippen LogP contribution in [-0.2, 0) is 16.4 Å². The molecule has 1 fully saturated rings. The van der Waals surface area contributed by atoms with E-state index in [0.717, 1.165) is 24.8 Å². The van der Waals surface area contributed by atoms with Crippen molar-refractivity contribution in [2.24, 2.45) is 0 Å². The molecule has 2 aliphatic heterocycles. The van der Waals surface area contributed by atoms with Crippen molar-refractivity contribution in [3.05, 3.63) is 47.7 Å². The monoisotopic (exact) mass is 393 g/mol. The lowest BCUT2D eigenvalue weighted by atomic mass is 10.1. The van der Waals surface area contributed by atoms with Gasteiger partial charge in [0.2, 0.25) is 5.95 Å². The highest BCUT2D eigenvalue weighted by Crippen LogP contribution is 2.39. The number of pyridine rings is 1. The van der Waals surface area contributed by atoms with Crippen LogP contribution in [0.3, 0.4) is 0 Å². The lowest BCUT2D eigenvalue weighted by Gasteiger charge is -2.34. The van der Waals surface area contributed by atoms with E-state index in [0.29, 0.717) is 19.6 Å². The molecule has 0 amide bonds. The van der Waals surface area contributed by atoms with Crippen molar-refractivity contribution in [3.8, 4) is 0 Å². The first-order valence-electron chi connectivity index (χ1n) is 9.13. The summed E-state index contributed by atoms with van der Waals surface area (Å²) in [6, 6.07) is 9.31. The Morgan fingerprint density at radius 2 is 1.70 bits per heavy atom. The zero-order valence-electron chi connectivity index (χ0n) is 14.9. The topological polar surface area (TPSA) is 53.5 Å². The van der Waals surface area contributed by atoms with Crippen LogP contribution < -0.4 is 9.80 Å². The van der Waals surface area contributed by atoms with Gasteiger partial charge in [-0.05, 0) is 24.8 Å². The molecule has 0 N–H and O–H groups in total. The summed E-state index contributed by atoms with van der Waals surface area (Å²) < 4.78 is 55.4. The number of fused-ring (bicyclic) bond motifs is 1. The Morgan fingerprint density at radius 1 is 1.00 bits per heavy atom. The van der Waals surface area contributed by atoms with Gasteiger partial charge in [-0.15, -0.1) is 0 Å². The molecule has 5 nitrogen and oxygen atoms in total. The molecule has 1 aromatic carbocycles. The Hall–Kier alpha value is -2.22. The number of sulfone groups is 1. The number of piperidine rings is 1. The number of benzene rings is 1. The van der Waals surface area contributed by atoms with Crippen molar-refractivity contribution >= 4 is 21.3 Å². The zero-order valence-corrected chi connectivity index (χ0v) is 15.7. The molecule has 0 atom stereocenters. The molecule has 0 bridgehead atoms. The van der Waals surface area contributed by atoms with Crippen LogP contribution in [-0.4, -0.2) is 38.8 Å². The second kappa shape index (κ2) is 7.07. The molecule has 0 spiro atoms. The van der Waals surface area contributed by atoms with Crippen LogP contribution in [0.15, 0.2) is 35.2 Å². The smallest absolute Gasteiger partial charge is 0.239 e. The molecule has 0 saturated carbocycles. The van der Waals surface area contributed by atoms with Gasteiger partial charge in [0.05, 0.1) is 5.75 Å². The van der Waals surface area contributed by atoms with Gasteiger partial charge in [0.1, 0.15) is 10.6 Å². The van der Waals surface area contributed by atoms with E-state index < -0.39 is 26.5 Å². The summed E-state index contributed by atoms with van der Waals surface area (Å²) in [6.45, 7) is 1.50. The number of rotatable bonds is 3. The maximum atomic E-state index is 15.2. The SMILES string of the molecule is O=S1(=O)CCN(Cc2ccccc2)c2c(F)nc(N3CCCCC3)c(F)c21. The summed E-state index contributed by atoms with van der Waals surface area (Å²) in [5.74, 6) is -2.28. The van der Waals surface area contributed by atoms with Gasteiger partial charge in [-0.25, -0.2) is 12.8 Å². The molecule has 4 rings (SSSR count). The van der Waals surface area contributed by atoms with E-state index in [-0.39, 0.29) is 23.8 Å². The predicted octanol–water partition coefficient (Wildman–Crippen LogP) is 3.14. The van der Waals surface area contributed by atoms with Gasteiger partial charge in [0.15, 0.2) is 21.5 Å². The van der Waals surface area contributed by atoms with Gasteiger partial charge in [0.25, 0.3) is 0 Å². The third-order valence-electron chi connectivity index (χ3n) is 5.14. The van der Waals surface area contributed by atoms with Gasteiger partial charge in [0, 0.05) is 26.2 Å². The molecule has 0 radical (unpaired) electrons. The molecular formula is C19H21F2N3O2S. The van der Waals surface area contributed by atoms with E-state index in [1.807, 2.05) is 30.3 Å². The van der Waals surface area contributed by atoms with Crippen molar-refractivity contribution in [2.75, 3.05) is 35.2 Å². The normalized spacial score (nSPS) is 19.0. The number of nitrogens with zero attached hydrogens (tertiary/aromatic N) is 3. The number of hydrogen-bond acceptors (Lipinski definition) is 5. The molecule has 2 aliphatic rings. The quantitative estimate of drug-likeness (QED) is 0.750. The van der Waals surface area contributed by atoms with Crippen molar-refractivity contribution in [2.45, 2.75) is 30.7 Å². The predicted molar refractivity (Wildman–Crippen MR) is 99.8 cm³/mol. The van der Waals surface area contributed by atoms with Crippen LogP contribution in [0.5, 0.6) is 0 Å². The van der Waals surface area contributed by atoms with E-state index in [9.17, 15) is 12.8 Å². The summed E-state index contributed by atoms with van der Waals surface area (Å²) in [5.41, 5.74) is 0.644. The first-order valence-corrected chi connectivity index (χ1v) is 10.8. The molecule has 8 heteroatoms.